The van der Waals surface area contributed by atoms with Gasteiger partial charge in [0.05, 0.1) is 5.37 Å². The molecule has 82 valence electrons. The van der Waals surface area contributed by atoms with Gasteiger partial charge in [0.2, 0.25) is 0 Å². The van der Waals surface area contributed by atoms with Gasteiger partial charge in [-0.2, -0.15) is 0 Å². The molecule has 1 aliphatic rings. The second kappa shape index (κ2) is 4.94. The predicted octanol–water partition coefficient (Wildman–Crippen LogP) is 3.35. The molecule has 1 nitrogen and oxygen atoms in total. The van der Waals surface area contributed by atoms with Crippen LogP contribution >= 0.6 is 11.8 Å². The van der Waals surface area contributed by atoms with E-state index in [-0.39, 0.29) is 10.9 Å². The Bertz CT molecular complexity index is 307. The Balaban J connectivity index is 2.08. The molecule has 1 fully saturated rings. The number of hydrogen-bond acceptors (Lipinski definition) is 2. The van der Waals surface area contributed by atoms with E-state index in [2.05, 4.69) is 5.32 Å². The van der Waals surface area contributed by atoms with Gasteiger partial charge in [-0.1, -0.05) is 24.3 Å². The smallest absolute Gasteiger partial charge is 0.263 e. The van der Waals surface area contributed by atoms with Gasteiger partial charge in [-0.3, -0.25) is 0 Å². The quantitative estimate of drug-likeness (QED) is 0.834. The lowest BCUT2D eigenvalue weighted by molar-refractivity contribution is 0.151. The van der Waals surface area contributed by atoms with E-state index in [4.69, 9.17) is 0 Å². The van der Waals surface area contributed by atoms with Gasteiger partial charge in [-0.25, -0.2) is 8.78 Å². The molecule has 0 bridgehead atoms. The molecule has 0 amide bonds. The number of hydrogen-bond donors (Lipinski definition) is 1. The van der Waals surface area contributed by atoms with Crippen LogP contribution in [-0.4, -0.2) is 12.3 Å². The van der Waals surface area contributed by atoms with Crippen LogP contribution in [0.5, 0.6) is 0 Å². The normalized spacial score (nSPS) is 21.9. The molecule has 1 unspecified atom stereocenters. The number of benzene rings is 1. The number of nitrogens with one attached hydrogen (secondary N) is 1. The van der Waals surface area contributed by atoms with Crippen LogP contribution in [0, 0.1) is 0 Å². The molecule has 1 aromatic rings. The fourth-order valence-corrected chi connectivity index (χ4v) is 2.73. The van der Waals surface area contributed by atoms with Crippen molar-refractivity contribution in [3.05, 3.63) is 35.4 Å². The summed E-state index contributed by atoms with van der Waals surface area (Å²) in [6.45, 7) is 1.01. The van der Waals surface area contributed by atoms with Crippen molar-refractivity contribution in [1.82, 2.24) is 5.32 Å². The minimum Gasteiger partial charge on any atom is -0.302 e. The molecular formula is C11H13F2NS. The average molecular weight is 229 g/mol. The van der Waals surface area contributed by atoms with E-state index in [1.165, 1.54) is 18.6 Å². The standard InChI is InChI=1S/C11H13F2NS/c12-10(13)8-2-4-9(5-3-8)11-14-6-1-7-15-11/h2-5,10-11,14H,1,6-7H2. The van der Waals surface area contributed by atoms with Gasteiger partial charge in [-0.15, -0.1) is 11.8 Å². The zero-order valence-corrected chi connectivity index (χ0v) is 9.07. The first kappa shape index (κ1) is 10.9. The van der Waals surface area contributed by atoms with Crippen LogP contribution in [0.25, 0.3) is 0 Å². The summed E-state index contributed by atoms with van der Waals surface area (Å²) in [5.74, 6) is 1.13. The van der Waals surface area contributed by atoms with Crippen molar-refractivity contribution in [2.45, 2.75) is 18.2 Å². The zero-order valence-electron chi connectivity index (χ0n) is 8.25. The predicted molar refractivity (Wildman–Crippen MR) is 59.2 cm³/mol. The third-order valence-corrected chi connectivity index (χ3v) is 3.72. The van der Waals surface area contributed by atoms with Gasteiger partial charge in [0.25, 0.3) is 6.43 Å². The topological polar surface area (TPSA) is 12.0 Å². The second-order valence-electron chi connectivity index (χ2n) is 3.53. The molecule has 1 N–H and O–H groups in total. The molecule has 15 heavy (non-hydrogen) atoms. The van der Waals surface area contributed by atoms with Crippen LogP contribution in [0.15, 0.2) is 24.3 Å². The minimum atomic E-state index is -2.37. The molecule has 0 radical (unpaired) electrons. The van der Waals surface area contributed by atoms with Crippen molar-refractivity contribution in [2.75, 3.05) is 12.3 Å². The average Bonchev–Trinajstić information content (AvgIpc) is 2.30. The molecule has 4 heteroatoms. The summed E-state index contributed by atoms with van der Waals surface area (Å²) >= 11 is 1.83. The molecular weight excluding hydrogens is 216 g/mol. The summed E-state index contributed by atoms with van der Waals surface area (Å²) in [5, 5.41) is 3.63. The van der Waals surface area contributed by atoms with Gasteiger partial charge in [0, 0.05) is 5.56 Å². The maximum Gasteiger partial charge on any atom is 0.263 e. The van der Waals surface area contributed by atoms with E-state index in [0.29, 0.717) is 0 Å². The number of thioether (sulfide) groups is 1. The lowest BCUT2D eigenvalue weighted by Crippen LogP contribution is -2.25. The van der Waals surface area contributed by atoms with E-state index in [1.807, 2.05) is 11.8 Å². The first-order chi connectivity index (χ1) is 7.27. The number of alkyl halides is 2. The molecule has 1 saturated heterocycles. The van der Waals surface area contributed by atoms with Crippen molar-refractivity contribution in [3.63, 3.8) is 0 Å². The third-order valence-electron chi connectivity index (χ3n) is 2.43. The Hall–Kier alpha value is -0.610. The Morgan fingerprint density at radius 1 is 1.27 bits per heavy atom. The van der Waals surface area contributed by atoms with E-state index >= 15 is 0 Å². The summed E-state index contributed by atoms with van der Waals surface area (Å²) in [7, 11) is 0. The highest BCUT2D eigenvalue weighted by atomic mass is 32.2. The number of halogens is 2. The Kier molecular flexibility index (Phi) is 3.59. The summed E-state index contributed by atoms with van der Waals surface area (Å²) in [5.41, 5.74) is 1.18. The van der Waals surface area contributed by atoms with Crippen LogP contribution in [0.2, 0.25) is 0 Å². The monoisotopic (exact) mass is 229 g/mol. The summed E-state index contributed by atoms with van der Waals surface area (Å²) < 4.78 is 24.6. The molecule has 0 aromatic heterocycles. The van der Waals surface area contributed by atoms with Crippen LogP contribution in [-0.2, 0) is 0 Å². The Morgan fingerprint density at radius 3 is 2.53 bits per heavy atom. The summed E-state index contributed by atoms with van der Waals surface area (Å²) in [6.07, 6.45) is -1.19. The van der Waals surface area contributed by atoms with Gasteiger partial charge in [0.15, 0.2) is 0 Å². The van der Waals surface area contributed by atoms with Crippen LogP contribution < -0.4 is 5.32 Å². The first-order valence-electron chi connectivity index (χ1n) is 5.00. The lowest BCUT2D eigenvalue weighted by atomic mass is 10.1. The fourth-order valence-electron chi connectivity index (χ4n) is 1.60. The maximum atomic E-state index is 12.3. The van der Waals surface area contributed by atoms with Crippen molar-refractivity contribution in [1.29, 1.82) is 0 Å². The highest BCUT2D eigenvalue weighted by Crippen LogP contribution is 2.30. The van der Waals surface area contributed by atoms with Crippen LogP contribution in [0.3, 0.4) is 0 Å². The van der Waals surface area contributed by atoms with Crippen molar-refractivity contribution < 1.29 is 8.78 Å². The van der Waals surface area contributed by atoms with Gasteiger partial charge >= 0.3 is 0 Å². The van der Waals surface area contributed by atoms with Crippen LogP contribution in [0.1, 0.15) is 29.3 Å². The molecule has 1 aromatic carbocycles. The van der Waals surface area contributed by atoms with Crippen molar-refractivity contribution in [3.8, 4) is 0 Å². The summed E-state index contributed by atoms with van der Waals surface area (Å²) in [4.78, 5) is 0. The minimum absolute atomic E-state index is 0.0968. The van der Waals surface area contributed by atoms with Crippen LogP contribution in [0.4, 0.5) is 8.78 Å². The Labute approximate surface area is 92.3 Å². The highest BCUT2D eigenvalue weighted by Gasteiger charge is 2.15. The van der Waals surface area contributed by atoms with Crippen molar-refractivity contribution in [2.24, 2.45) is 0 Å². The maximum absolute atomic E-state index is 12.3. The molecule has 1 aliphatic heterocycles. The largest absolute Gasteiger partial charge is 0.302 e. The van der Waals surface area contributed by atoms with Gasteiger partial charge in [-0.05, 0) is 24.3 Å². The molecule has 1 atom stereocenters. The van der Waals surface area contributed by atoms with Crippen molar-refractivity contribution >= 4 is 11.8 Å². The Morgan fingerprint density at radius 2 is 2.00 bits per heavy atom. The molecule has 0 saturated carbocycles. The third kappa shape index (κ3) is 2.69. The molecule has 1 heterocycles. The van der Waals surface area contributed by atoms with E-state index in [9.17, 15) is 8.78 Å². The molecule has 0 spiro atoms. The number of rotatable bonds is 2. The molecule has 2 rings (SSSR count). The van der Waals surface area contributed by atoms with E-state index in [0.717, 1.165) is 17.9 Å². The fraction of sp³-hybridized carbons (Fsp3) is 0.455. The first-order valence-corrected chi connectivity index (χ1v) is 6.05. The van der Waals surface area contributed by atoms with E-state index < -0.39 is 6.43 Å². The SMILES string of the molecule is FC(F)c1ccc(C2NCCCS2)cc1. The van der Waals surface area contributed by atoms with Gasteiger partial charge in [0.1, 0.15) is 0 Å². The summed E-state index contributed by atoms with van der Waals surface area (Å²) in [6, 6.07) is 6.60. The van der Waals surface area contributed by atoms with E-state index in [1.54, 1.807) is 12.1 Å². The highest BCUT2D eigenvalue weighted by molar-refractivity contribution is 7.99. The second-order valence-corrected chi connectivity index (χ2v) is 4.74. The zero-order chi connectivity index (χ0) is 10.7. The lowest BCUT2D eigenvalue weighted by Gasteiger charge is -2.23. The van der Waals surface area contributed by atoms with Gasteiger partial charge < -0.3 is 5.32 Å². The molecule has 0 aliphatic carbocycles.